The maximum Gasteiger partial charge on any atom is 0.222 e. The molecule has 44 valence electrons. The van der Waals surface area contributed by atoms with Gasteiger partial charge in [0.25, 0.3) is 0 Å². The lowest BCUT2D eigenvalue weighted by Crippen LogP contribution is -1.90. The average molecular weight is 118 g/mol. The fourth-order valence-electron chi connectivity index (χ4n) is 0.634. The van der Waals surface area contributed by atoms with Gasteiger partial charge in [0.15, 0.2) is 0 Å². The zero-order chi connectivity index (χ0) is 6.69. The second kappa shape index (κ2) is 2.53. The van der Waals surface area contributed by atoms with Gasteiger partial charge >= 0.3 is 0 Å². The van der Waals surface area contributed by atoms with Gasteiger partial charge in [0.05, 0.1) is 0 Å². The summed E-state index contributed by atoms with van der Waals surface area (Å²) in [6.07, 6.45) is 3.45. The van der Waals surface area contributed by atoms with Crippen LogP contribution in [0, 0.1) is 6.92 Å². The molecule has 2 radical (unpaired) electrons. The normalized spacial score (nSPS) is 9.00. The van der Waals surface area contributed by atoms with Gasteiger partial charge in [-0.15, -0.1) is 0 Å². The number of hydrogen-bond donors (Lipinski definition) is 1. The molecular formula is C6H7BN2. The van der Waals surface area contributed by atoms with E-state index in [1.165, 1.54) is 0 Å². The molecule has 0 aliphatic heterocycles. The lowest BCUT2D eigenvalue weighted by molar-refractivity contribution is 1.27. The smallest absolute Gasteiger partial charge is 0.222 e. The highest BCUT2D eigenvalue weighted by molar-refractivity contribution is 6.15. The minimum atomic E-state index is 0.843. The summed E-state index contributed by atoms with van der Waals surface area (Å²) in [5, 5.41) is 2.51. The van der Waals surface area contributed by atoms with Crippen molar-refractivity contribution in [3.05, 3.63) is 24.0 Å². The molecule has 0 aliphatic rings. The maximum absolute atomic E-state index is 5.13. The molecule has 1 rings (SSSR count). The number of nitrogens with zero attached hydrogens (tertiary/aromatic N) is 1. The quantitative estimate of drug-likeness (QED) is 0.553. The topological polar surface area (TPSA) is 24.9 Å². The van der Waals surface area contributed by atoms with Crippen LogP contribution < -0.4 is 5.23 Å². The van der Waals surface area contributed by atoms with Gasteiger partial charge in [-0.1, -0.05) is 0 Å². The Morgan fingerprint density at radius 1 is 1.56 bits per heavy atom. The van der Waals surface area contributed by atoms with Gasteiger partial charge in [-0.25, -0.2) is 0 Å². The summed E-state index contributed by atoms with van der Waals surface area (Å²) >= 11 is 0. The highest BCUT2D eigenvalue weighted by atomic mass is 14.8. The number of rotatable bonds is 1. The predicted molar refractivity (Wildman–Crippen MR) is 38.4 cm³/mol. The van der Waals surface area contributed by atoms with Crippen LogP contribution in [0.4, 0.5) is 5.69 Å². The molecule has 9 heavy (non-hydrogen) atoms. The van der Waals surface area contributed by atoms with Gasteiger partial charge in [-0.05, 0) is 18.6 Å². The van der Waals surface area contributed by atoms with Crippen LogP contribution >= 0.6 is 0 Å². The molecule has 0 bridgehead atoms. The van der Waals surface area contributed by atoms with Crippen LogP contribution in [0.1, 0.15) is 5.56 Å². The Bertz CT molecular complexity index is 200. The molecule has 0 aliphatic carbocycles. The summed E-state index contributed by atoms with van der Waals surface area (Å²) in [7, 11) is 5.13. The zero-order valence-electron chi connectivity index (χ0n) is 5.26. The van der Waals surface area contributed by atoms with Crippen LogP contribution in [-0.2, 0) is 0 Å². The first kappa shape index (κ1) is 6.14. The summed E-state index contributed by atoms with van der Waals surface area (Å²) < 4.78 is 0. The van der Waals surface area contributed by atoms with E-state index in [1.54, 1.807) is 12.4 Å². The summed E-state index contributed by atoms with van der Waals surface area (Å²) in [6.45, 7) is 1.97. The zero-order valence-corrected chi connectivity index (χ0v) is 5.26. The van der Waals surface area contributed by atoms with Gasteiger partial charge < -0.3 is 5.23 Å². The molecule has 1 N–H and O–H groups in total. The summed E-state index contributed by atoms with van der Waals surface area (Å²) in [5.74, 6) is 0. The van der Waals surface area contributed by atoms with Crippen molar-refractivity contribution in [1.29, 1.82) is 0 Å². The summed E-state index contributed by atoms with van der Waals surface area (Å²) in [6, 6.07) is 1.92. The number of anilines is 1. The number of aryl methyl sites for hydroxylation is 1. The summed E-state index contributed by atoms with van der Waals surface area (Å²) in [4.78, 5) is 3.91. The van der Waals surface area contributed by atoms with Crippen LogP contribution in [0.3, 0.4) is 0 Å². The Labute approximate surface area is 55.7 Å². The minimum Gasteiger partial charge on any atom is -0.436 e. The Kier molecular flexibility index (Phi) is 1.73. The van der Waals surface area contributed by atoms with Gasteiger partial charge in [0.1, 0.15) is 0 Å². The molecule has 0 saturated carbocycles. The lowest BCUT2D eigenvalue weighted by atomic mass is 10.2. The predicted octanol–water partition coefficient (Wildman–Crippen LogP) is 0.885. The van der Waals surface area contributed by atoms with E-state index in [9.17, 15) is 0 Å². The van der Waals surface area contributed by atoms with Crippen molar-refractivity contribution in [2.24, 2.45) is 0 Å². The molecule has 0 spiro atoms. The van der Waals surface area contributed by atoms with Crippen LogP contribution in [0.15, 0.2) is 18.5 Å². The van der Waals surface area contributed by atoms with Crippen molar-refractivity contribution >= 4 is 13.7 Å². The Hall–Kier alpha value is -0.985. The molecule has 0 atom stereocenters. The highest BCUT2D eigenvalue weighted by Crippen LogP contribution is 2.04. The van der Waals surface area contributed by atoms with E-state index >= 15 is 0 Å². The SMILES string of the molecule is [B]Nc1cncc(C)c1. The number of nitrogens with one attached hydrogen (secondary N) is 1. The third-order valence-electron chi connectivity index (χ3n) is 1.04. The second-order valence-corrected chi connectivity index (χ2v) is 1.90. The number of pyridine rings is 1. The molecule has 0 amide bonds. The maximum atomic E-state index is 5.13. The van der Waals surface area contributed by atoms with Crippen LogP contribution in [0.25, 0.3) is 0 Å². The monoisotopic (exact) mass is 118 g/mol. The van der Waals surface area contributed by atoms with Crippen molar-refractivity contribution < 1.29 is 0 Å². The molecule has 1 heterocycles. The highest BCUT2D eigenvalue weighted by Gasteiger charge is 1.85. The van der Waals surface area contributed by atoms with E-state index in [1.807, 2.05) is 13.0 Å². The largest absolute Gasteiger partial charge is 0.436 e. The molecule has 1 aromatic rings. The van der Waals surface area contributed by atoms with Crippen LogP contribution in [0.2, 0.25) is 0 Å². The van der Waals surface area contributed by atoms with E-state index in [0.29, 0.717) is 0 Å². The van der Waals surface area contributed by atoms with Crippen LogP contribution in [0.5, 0.6) is 0 Å². The number of hydrogen-bond acceptors (Lipinski definition) is 2. The van der Waals surface area contributed by atoms with Crippen molar-refractivity contribution in [2.45, 2.75) is 6.92 Å². The molecule has 0 fully saturated rings. The lowest BCUT2D eigenvalue weighted by Gasteiger charge is -1.97. The van der Waals surface area contributed by atoms with Crippen molar-refractivity contribution in [3.63, 3.8) is 0 Å². The van der Waals surface area contributed by atoms with E-state index in [-0.39, 0.29) is 0 Å². The minimum absolute atomic E-state index is 0.843. The van der Waals surface area contributed by atoms with E-state index in [0.717, 1.165) is 11.3 Å². The fourth-order valence-corrected chi connectivity index (χ4v) is 0.634. The number of aromatic nitrogens is 1. The Morgan fingerprint density at radius 2 is 2.33 bits per heavy atom. The van der Waals surface area contributed by atoms with E-state index in [4.69, 9.17) is 7.98 Å². The first-order valence-electron chi connectivity index (χ1n) is 2.71. The molecule has 3 heteroatoms. The van der Waals surface area contributed by atoms with Crippen LogP contribution in [-0.4, -0.2) is 13.0 Å². The molecule has 0 saturated heterocycles. The standard InChI is InChI=1S/C6H7BN2/c1-5-2-6(9-7)4-8-3-5/h2-4,9H,1H3. The molecule has 0 aromatic carbocycles. The van der Waals surface area contributed by atoms with Crippen molar-refractivity contribution in [2.75, 3.05) is 5.23 Å². The Morgan fingerprint density at radius 3 is 2.78 bits per heavy atom. The van der Waals surface area contributed by atoms with Crippen molar-refractivity contribution in [3.8, 4) is 0 Å². The second-order valence-electron chi connectivity index (χ2n) is 1.90. The molecular weight excluding hydrogens is 111 g/mol. The molecule has 1 aromatic heterocycles. The first-order valence-corrected chi connectivity index (χ1v) is 2.71. The van der Waals surface area contributed by atoms with Gasteiger partial charge in [-0.2, -0.15) is 0 Å². The summed E-state index contributed by atoms with van der Waals surface area (Å²) in [5.41, 5.74) is 1.94. The van der Waals surface area contributed by atoms with Gasteiger partial charge in [-0.3, -0.25) is 4.98 Å². The third-order valence-corrected chi connectivity index (χ3v) is 1.04. The van der Waals surface area contributed by atoms with E-state index in [2.05, 4.69) is 10.2 Å². The third kappa shape index (κ3) is 1.45. The Balaban J connectivity index is 2.94. The average Bonchev–Trinajstić information content (AvgIpc) is 1.88. The molecule has 0 unspecified atom stereocenters. The van der Waals surface area contributed by atoms with Gasteiger partial charge in [0, 0.05) is 18.1 Å². The van der Waals surface area contributed by atoms with Gasteiger partial charge in [0.2, 0.25) is 7.98 Å². The first-order chi connectivity index (χ1) is 4.33. The van der Waals surface area contributed by atoms with Crippen molar-refractivity contribution in [1.82, 2.24) is 4.98 Å². The molecule has 2 nitrogen and oxygen atoms in total. The fraction of sp³-hybridized carbons (Fsp3) is 0.167. The van der Waals surface area contributed by atoms with E-state index < -0.39 is 0 Å².